The van der Waals surface area contributed by atoms with Crippen molar-refractivity contribution in [3.8, 4) is 0 Å². The van der Waals surface area contributed by atoms with Gasteiger partial charge in [0, 0.05) is 0 Å². The van der Waals surface area contributed by atoms with Crippen molar-refractivity contribution in [1.29, 1.82) is 0 Å². The lowest BCUT2D eigenvalue weighted by molar-refractivity contribution is -0.129. The van der Waals surface area contributed by atoms with Gasteiger partial charge in [0.15, 0.2) is 0 Å². The van der Waals surface area contributed by atoms with E-state index in [-0.39, 0.29) is 6.10 Å². The average Bonchev–Trinajstić information content (AvgIpc) is 3.12. The first-order chi connectivity index (χ1) is 14.4. The molecule has 0 spiro atoms. The van der Waals surface area contributed by atoms with Gasteiger partial charge in [-0.15, -0.1) is 0 Å². The number of rotatable bonds is 4. The van der Waals surface area contributed by atoms with Gasteiger partial charge in [-0.3, -0.25) is 0 Å². The molecule has 4 rings (SSSR count). The van der Waals surface area contributed by atoms with Crippen molar-refractivity contribution >= 4 is 12.6 Å². The molecule has 4 fully saturated rings. The maximum atomic E-state index is 10.2. The fourth-order valence-electron chi connectivity index (χ4n) is 8.94. The monoisotopic (exact) mass is 438 g/mol. The summed E-state index contributed by atoms with van der Waals surface area (Å²) in [5.74, 6) is 5.67. The molecule has 0 radical (unpaired) electrons. The van der Waals surface area contributed by atoms with E-state index in [0.29, 0.717) is 10.8 Å². The Balaban J connectivity index is 0.000000757. The molecule has 1 N–H and O–H groups in total. The van der Waals surface area contributed by atoms with Gasteiger partial charge in [0.1, 0.15) is 0 Å². The minimum absolute atomic E-state index is 0.00578. The molecular formula is C28H54OS. The van der Waals surface area contributed by atoms with E-state index in [9.17, 15) is 5.11 Å². The summed E-state index contributed by atoms with van der Waals surface area (Å²) in [7, 11) is 0. The number of aliphatic hydroxyl groups is 1. The van der Waals surface area contributed by atoms with E-state index in [2.05, 4.69) is 40.3 Å². The van der Waals surface area contributed by atoms with Crippen LogP contribution in [0.15, 0.2) is 0 Å². The molecule has 1 nitrogen and oxygen atoms in total. The van der Waals surface area contributed by atoms with Gasteiger partial charge in [-0.1, -0.05) is 60.8 Å². The smallest absolute Gasteiger partial charge is 0.0543 e. The molecule has 0 bridgehead atoms. The van der Waals surface area contributed by atoms with Gasteiger partial charge >= 0.3 is 0 Å². The fourth-order valence-corrected chi connectivity index (χ4v) is 8.94. The second-order valence-electron chi connectivity index (χ2n) is 11.4. The highest BCUT2D eigenvalue weighted by Crippen LogP contribution is 2.68. The minimum Gasteiger partial charge on any atom is -0.393 e. The van der Waals surface area contributed by atoms with Crippen LogP contribution in [0.25, 0.3) is 0 Å². The molecule has 4 aliphatic rings. The highest BCUT2D eigenvalue weighted by atomic mass is 32.1. The standard InChI is InChI=1S/C25H44O.C2H6.CH4S/c1-5-6-7-17(2)21-10-11-22-20-9-8-18-16-19(26)12-14-24(18,3)23(20)13-15-25(21,22)4;2*1-2/h17-23,26H,5-16H2,1-4H3;1-2H3;2H,1H3/t17?,18?,19-,20?,21?,22?,23?,24?,25?;;/m0../s1. The van der Waals surface area contributed by atoms with E-state index in [4.69, 9.17) is 0 Å². The second kappa shape index (κ2) is 11.4. The average molecular weight is 439 g/mol. The SMILES string of the molecule is CC.CCCCC(C)C1CCC2C3CCC4C[C@@H](O)CCC4(C)C3CCC12C.CS. The Morgan fingerprint density at radius 2 is 1.53 bits per heavy atom. The first-order valence-corrected chi connectivity index (χ1v) is 14.4. The van der Waals surface area contributed by atoms with Crippen molar-refractivity contribution in [3.63, 3.8) is 0 Å². The van der Waals surface area contributed by atoms with Crippen LogP contribution in [0.1, 0.15) is 119 Å². The molecule has 9 atom stereocenters. The minimum atomic E-state index is -0.00578. The van der Waals surface area contributed by atoms with Crippen LogP contribution in [0.2, 0.25) is 0 Å². The molecule has 0 amide bonds. The number of hydrogen-bond acceptors (Lipinski definition) is 2. The summed E-state index contributed by atoms with van der Waals surface area (Å²) in [5, 5.41) is 10.2. The maximum Gasteiger partial charge on any atom is 0.0543 e. The largest absolute Gasteiger partial charge is 0.393 e. The zero-order valence-corrected chi connectivity index (χ0v) is 22.3. The third-order valence-corrected chi connectivity index (χ3v) is 10.4. The number of thiol groups is 1. The van der Waals surface area contributed by atoms with Crippen LogP contribution >= 0.6 is 12.6 Å². The first kappa shape index (κ1) is 26.6. The van der Waals surface area contributed by atoms with Gasteiger partial charge in [0.2, 0.25) is 0 Å². The second-order valence-corrected chi connectivity index (χ2v) is 11.4. The maximum absolute atomic E-state index is 10.2. The summed E-state index contributed by atoms with van der Waals surface area (Å²) in [6.45, 7) is 14.2. The number of hydrogen-bond donors (Lipinski definition) is 2. The van der Waals surface area contributed by atoms with Crippen molar-refractivity contribution in [2.75, 3.05) is 6.26 Å². The Bertz CT molecular complexity index is 507. The quantitative estimate of drug-likeness (QED) is 0.422. The predicted octanol–water partition coefficient (Wildman–Crippen LogP) is 8.40. The number of fused-ring (bicyclic) bond motifs is 5. The van der Waals surface area contributed by atoms with E-state index in [1.807, 2.05) is 13.8 Å². The molecule has 0 heterocycles. The Labute approximate surface area is 195 Å². The predicted molar refractivity (Wildman–Crippen MR) is 136 cm³/mol. The summed E-state index contributed by atoms with van der Waals surface area (Å²) in [6.07, 6.45) is 18.2. The van der Waals surface area contributed by atoms with Crippen molar-refractivity contribution < 1.29 is 5.11 Å². The zero-order chi connectivity index (χ0) is 22.5. The molecule has 2 heteroatoms. The lowest BCUT2D eigenvalue weighted by atomic mass is 9.44. The highest BCUT2D eigenvalue weighted by molar-refractivity contribution is 7.79. The van der Waals surface area contributed by atoms with Gasteiger partial charge in [0.25, 0.3) is 0 Å². The molecule has 0 aromatic heterocycles. The van der Waals surface area contributed by atoms with E-state index < -0.39 is 0 Å². The lowest BCUT2D eigenvalue weighted by Gasteiger charge is -2.61. The van der Waals surface area contributed by atoms with Crippen molar-refractivity contribution in [2.45, 2.75) is 125 Å². The van der Waals surface area contributed by atoms with Crippen molar-refractivity contribution in [1.82, 2.24) is 0 Å². The Morgan fingerprint density at radius 1 is 0.900 bits per heavy atom. The van der Waals surface area contributed by atoms with Crippen LogP contribution in [0.4, 0.5) is 0 Å². The molecule has 0 aromatic rings. The Hall–Kier alpha value is 0.310. The van der Waals surface area contributed by atoms with Gasteiger partial charge in [-0.25, -0.2) is 0 Å². The summed E-state index contributed by atoms with van der Waals surface area (Å²) < 4.78 is 0. The van der Waals surface area contributed by atoms with Crippen LogP contribution in [0.5, 0.6) is 0 Å². The molecule has 4 saturated carbocycles. The van der Waals surface area contributed by atoms with E-state index in [0.717, 1.165) is 48.3 Å². The molecule has 0 aromatic carbocycles. The third-order valence-electron chi connectivity index (χ3n) is 10.4. The third kappa shape index (κ3) is 4.80. The normalized spacial score (nSPS) is 45.5. The van der Waals surface area contributed by atoms with E-state index in [1.165, 1.54) is 64.2 Å². The molecule has 4 aliphatic carbocycles. The van der Waals surface area contributed by atoms with Crippen LogP contribution in [-0.4, -0.2) is 17.5 Å². The van der Waals surface area contributed by atoms with E-state index >= 15 is 0 Å². The van der Waals surface area contributed by atoms with Crippen LogP contribution in [0, 0.1) is 46.3 Å². The summed E-state index contributed by atoms with van der Waals surface area (Å²) in [5.41, 5.74) is 1.17. The molecule has 0 aliphatic heterocycles. The number of unbranched alkanes of at least 4 members (excludes halogenated alkanes) is 1. The van der Waals surface area contributed by atoms with Gasteiger partial charge in [-0.05, 0) is 110 Å². The Morgan fingerprint density at radius 3 is 2.20 bits per heavy atom. The fraction of sp³-hybridized carbons (Fsp3) is 1.00. The Kier molecular flexibility index (Phi) is 10.1. The van der Waals surface area contributed by atoms with Gasteiger partial charge in [-0.2, -0.15) is 12.6 Å². The molecule has 178 valence electrons. The van der Waals surface area contributed by atoms with E-state index in [1.54, 1.807) is 6.26 Å². The molecule has 8 unspecified atom stereocenters. The topological polar surface area (TPSA) is 20.2 Å². The first-order valence-electron chi connectivity index (χ1n) is 13.5. The molecule has 0 saturated heterocycles. The lowest BCUT2D eigenvalue weighted by Crippen LogP contribution is -2.54. The molecule has 30 heavy (non-hydrogen) atoms. The highest BCUT2D eigenvalue weighted by Gasteiger charge is 2.60. The van der Waals surface area contributed by atoms with Gasteiger partial charge in [0.05, 0.1) is 6.10 Å². The number of aliphatic hydroxyl groups excluding tert-OH is 1. The van der Waals surface area contributed by atoms with Crippen molar-refractivity contribution in [3.05, 3.63) is 0 Å². The summed E-state index contributed by atoms with van der Waals surface area (Å²) in [4.78, 5) is 0. The van der Waals surface area contributed by atoms with Crippen molar-refractivity contribution in [2.24, 2.45) is 46.3 Å². The van der Waals surface area contributed by atoms with Crippen LogP contribution in [0.3, 0.4) is 0 Å². The zero-order valence-electron chi connectivity index (χ0n) is 21.4. The summed E-state index contributed by atoms with van der Waals surface area (Å²) in [6, 6.07) is 0. The van der Waals surface area contributed by atoms with Crippen LogP contribution < -0.4 is 0 Å². The van der Waals surface area contributed by atoms with Crippen LogP contribution in [-0.2, 0) is 0 Å². The van der Waals surface area contributed by atoms with Gasteiger partial charge < -0.3 is 5.11 Å². The summed E-state index contributed by atoms with van der Waals surface area (Å²) >= 11 is 3.53. The molecular weight excluding hydrogens is 384 g/mol.